The van der Waals surface area contributed by atoms with Crippen molar-refractivity contribution >= 4 is 0 Å². The van der Waals surface area contributed by atoms with Crippen LogP contribution in [0.4, 0.5) is 26.3 Å². The van der Waals surface area contributed by atoms with Gasteiger partial charge in [0.25, 0.3) is 0 Å². The van der Waals surface area contributed by atoms with Gasteiger partial charge in [-0.2, -0.15) is 8.78 Å². The van der Waals surface area contributed by atoms with Gasteiger partial charge in [-0.3, -0.25) is 0 Å². The molecule has 3 rings (SSSR count). The first-order chi connectivity index (χ1) is 14.1. The highest BCUT2D eigenvalue weighted by molar-refractivity contribution is 5.34. The molecule has 0 amide bonds. The van der Waals surface area contributed by atoms with Crippen LogP contribution in [0.2, 0.25) is 0 Å². The quantitative estimate of drug-likeness (QED) is 0.439. The molecule has 164 valence electrons. The number of ether oxygens (including phenoxy) is 2. The van der Waals surface area contributed by atoms with Gasteiger partial charge in [-0.25, -0.2) is 4.39 Å². The van der Waals surface area contributed by atoms with E-state index >= 15 is 0 Å². The highest BCUT2D eigenvalue weighted by Crippen LogP contribution is 2.39. The Bertz CT molecular complexity index is 840. The second-order valence-corrected chi connectivity index (χ2v) is 7.50. The van der Waals surface area contributed by atoms with E-state index in [1.807, 2.05) is 0 Å². The maximum absolute atomic E-state index is 14.5. The molecule has 0 heterocycles. The fraction of sp³-hybridized carbons (Fsp3) is 0.455. The summed E-state index contributed by atoms with van der Waals surface area (Å²) in [5.74, 6) is -1.27. The van der Waals surface area contributed by atoms with E-state index in [9.17, 15) is 26.3 Å². The minimum absolute atomic E-state index is 0.145. The molecule has 0 bridgehead atoms. The van der Waals surface area contributed by atoms with Crippen LogP contribution in [-0.4, -0.2) is 6.36 Å². The first-order valence-corrected chi connectivity index (χ1v) is 9.80. The monoisotopic (exact) mass is 432 g/mol. The molecule has 2 nitrogen and oxygen atoms in total. The summed E-state index contributed by atoms with van der Waals surface area (Å²) < 4.78 is 88.2. The smallest absolute Gasteiger partial charge is 0.429 e. The van der Waals surface area contributed by atoms with Gasteiger partial charge < -0.3 is 9.47 Å². The van der Waals surface area contributed by atoms with Gasteiger partial charge in [-0.05, 0) is 79.5 Å². The number of benzene rings is 2. The lowest BCUT2D eigenvalue weighted by Crippen LogP contribution is -2.24. The largest absolute Gasteiger partial charge is 0.573 e. The Hall–Kier alpha value is -2.38. The molecule has 1 aliphatic rings. The Labute approximate surface area is 170 Å². The Morgan fingerprint density at radius 3 is 1.90 bits per heavy atom. The minimum atomic E-state index is -4.90. The van der Waals surface area contributed by atoms with Crippen molar-refractivity contribution in [2.75, 3.05) is 0 Å². The van der Waals surface area contributed by atoms with E-state index in [2.05, 4.69) is 16.4 Å². The van der Waals surface area contributed by atoms with E-state index in [0.29, 0.717) is 11.5 Å². The number of rotatable bonds is 6. The van der Waals surface area contributed by atoms with Crippen LogP contribution in [-0.2, 0) is 6.11 Å². The first kappa shape index (κ1) is 22.3. The van der Waals surface area contributed by atoms with Crippen molar-refractivity contribution in [1.82, 2.24) is 0 Å². The molecular formula is C22H22F6O2. The van der Waals surface area contributed by atoms with Gasteiger partial charge in [-0.15, -0.1) is 13.2 Å². The second kappa shape index (κ2) is 8.78. The maximum Gasteiger partial charge on any atom is 0.573 e. The molecule has 8 heteroatoms. The first-order valence-electron chi connectivity index (χ1n) is 9.80. The van der Waals surface area contributed by atoms with E-state index in [-0.39, 0.29) is 5.92 Å². The summed E-state index contributed by atoms with van der Waals surface area (Å²) in [6.07, 6.45) is -3.91. The lowest BCUT2D eigenvalue weighted by atomic mass is 9.78. The van der Waals surface area contributed by atoms with Crippen molar-refractivity contribution in [3.63, 3.8) is 0 Å². The van der Waals surface area contributed by atoms with Gasteiger partial charge in [0.05, 0.1) is 5.56 Å². The van der Waals surface area contributed by atoms with Crippen LogP contribution in [0.25, 0.3) is 0 Å². The van der Waals surface area contributed by atoms with E-state index in [0.717, 1.165) is 68.5 Å². The normalized spacial score (nSPS) is 20.1. The Kier molecular flexibility index (Phi) is 6.53. The molecule has 0 aromatic heterocycles. The maximum atomic E-state index is 14.5. The number of alkyl halides is 5. The summed E-state index contributed by atoms with van der Waals surface area (Å²) in [6, 6.07) is 7.10. The van der Waals surface area contributed by atoms with Crippen LogP contribution in [0, 0.1) is 11.7 Å². The van der Waals surface area contributed by atoms with Gasteiger partial charge >= 0.3 is 12.5 Å². The fourth-order valence-corrected chi connectivity index (χ4v) is 3.84. The van der Waals surface area contributed by atoms with Crippen LogP contribution in [0.15, 0.2) is 42.5 Å². The van der Waals surface area contributed by atoms with Crippen LogP contribution in [0.1, 0.15) is 56.1 Å². The molecule has 0 radical (unpaired) electrons. The standard InChI is InChI=1S/C22H22F6O2/c1-2-14-3-5-15(6-4-14)16-7-12-19(20(23)13-16)21(24,25)29-17-8-10-18(11-9-17)30-22(26,27)28/h7-15H,2-6H2,1H3/t14-,15-. The molecule has 0 aliphatic heterocycles. The summed E-state index contributed by atoms with van der Waals surface area (Å²) in [7, 11) is 0. The SMILES string of the molecule is CC[C@H]1CC[C@H](c2ccc(C(F)(F)Oc3ccc(OC(F)(F)F)cc3)c(F)c2)CC1. The molecular weight excluding hydrogens is 410 g/mol. The summed E-state index contributed by atoms with van der Waals surface area (Å²) in [6.45, 7) is 2.14. The third-order valence-electron chi connectivity index (χ3n) is 5.51. The second-order valence-electron chi connectivity index (χ2n) is 7.50. The summed E-state index contributed by atoms with van der Waals surface area (Å²) in [5.41, 5.74) is -0.237. The Balaban J connectivity index is 1.70. The molecule has 0 unspecified atom stereocenters. The third kappa shape index (κ3) is 5.61. The van der Waals surface area contributed by atoms with Crippen LogP contribution in [0.5, 0.6) is 11.5 Å². The predicted molar refractivity (Wildman–Crippen MR) is 99.0 cm³/mol. The van der Waals surface area contributed by atoms with Crippen molar-refractivity contribution in [2.45, 2.75) is 57.4 Å². The molecule has 1 fully saturated rings. The van der Waals surface area contributed by atoms with Gasteiger partial charge in [0.2, 0.25) is 0 Å². The molecule has 0 N–H and O–H groups in total. The van der Waals surface area contributed by atoms with Gasteiger partial charge in [0, 0.05) is 0 Å². The van der Waals surface area contributed by atoms with Crippen molar-refractivity contribution in [3.05, 3.63) is 59.4 Å². The average molecular weight is 432 g/mol. The van der Waals surface area contributed by atoms with Crippen molar-refractivity contribution < 1.29 is 35.8 Å². The van der Waals surface area contributed by atoms with Gasteiger partial charge in [0.15, 0.2) is 0 Å². The zero-order valence-electron chi connectivity index (χ0n) is 16.3. The van der Waals surface area contributed by atoms with E-state index < -0.39 is 35.4 Å². The number of hydrogen-bond acceptors (Lipinski definition) is 2. The van der Waals surface area contributed by atoms with Crippen molar-refractivity contribution in [1.29, 1.82) is 0 Å². The van der Waals surface area contributed by atoms with Gasteiger partial charge in [0.1, 0.15) is 17.3 Å². The number of halogens is 6. The number of hydrogen-bond donors (Lipinski definition) is 0. The van der Waals surface area contributed by atoms with E-state index in [1.165, 1.54) is 6.07 Å². The summed E-state index contributed by atoms with van der Waals surface area (Å²) in [4.78, 5) is 0. The van der Waals surface area contributed by atoms with Crippen LogP contribution in [0.3, 0.4) is 0 Å². The molecule has 30 heavy (non-hydrogen) atoms. The van der Waals surface area contributed by atoms with Crippen molar-refractivity contribution in [2.24, 2.45) is 5.92 Å². The Morgan fingerprint density at radius 2 is 1.40 bits per heavy atom. The van der Waals surface area contributed by atoms with Gasteiger partial charge in [-0.1, -0.05) is 19.4 Å². The zero-order chi connectivity index (χ0) is 21.9. The highest BCUT2D eigenvalue weighted by atomic mass is 19.4. The molecule has 0 atom stereocenters. The molecule has 1 saturated carbocycles. The predicted octanol–water partition coefficient (Wildman–Crippen LogP) is 7.54. The fourth-order valence-electron chi connectivity index (χ4n) is 3.84. The lowest BCUT2D eigenvalue weighted by molar-refractivity contribution is -0.274. The third-order valence-corrected chi connectivity index (χ3v) is 5.51. The zero-order valence-corrected chi connectivity index (χ0v) is 16.3. The average Bonchev–Trinajstić information content (AvgIpc) is 2.68. The molecule has 2 aromatic carbocycles. The molecule has 0 saturated heterocycles. The molecule has 0 spiro atoms. The van der Waals surface area contributed by atoms with Crippen LogP contribution < -0.4 is 9.47 Å². The van der Waals surface area contributed by atoms with Crippen LogP contribution >= 0.6 is 0 Å². The van der Waals surface area contributed by atoms with Crippen molar-refractivity contribution in [3.8, 4) is 11.5 Å². The lowest BCUT2D eigenvalue weighted by Gasteiger charge is -2.28. The van der Waals surface area contributed by atoms with E-state index in [4.69, 9.17) is 0 Å². The summed E-state index contributed by atoms with van der Waals surface area (Å²) in [5, 5.41) is 0. The topological polar surface area (TPSA) is 18.5 Å². The highest BCUT2D eigenvalue weighted by Gasteiger charge is 2.38. The van der Waals surface area contributed by atoms with E-state index in [1.54, 1.807) is 0 Å². The molecule has 2 aromatic rings. The Morgan fingerprint density at radius 1 is 0.833 bits per heavy atom. The minimum Gasteiger partial charge on any atom is -0.429 e. The summed E-state index contributed by atoms with van der Waals surface area (Å²) >= 11 is 0. The molecule has 1 aliphatic carbocycles.